The lowest BCUT2D eigenvalue weighted by atomic mass is 10.2. The van der Waals surface area contributed by atoms with Gasteiger partial charge in [0.2, 0.25) is 5.88 Å². The van der Waals surface area contributed by atoms with Gasteiger partial charge < -0.3 is 19.4 Å². The summed E-state index contributed by atoms with van der Waals surface area (Å²) in [6, 6.07) is 14.1. The predicted molar refractivity (Wildman–Crippen MR) is 115 cm³/mol. The second-order valence-corrected chi connectivity index (χ2v) is 7.19. The minimum atomic E-state index is 0.0784. The average Bonchev–Trinajstić information content (AvgIpc) is 2.98. The molecule has 0 aliphatic carbocycles. The van der Waals surface area contributed by atoms with Crippen LogP contribution in [0.25, 0.3) is 0 Å². The molecule has 0 atom stereocenters. The van der Waals surface area contributed by atoms with Crippen molar-refractivity contribution in [2.24, 2.45) is 12.2 Å². The number of allylic oxidation sites excluding steroid dienone is 1. The Morgan fingerprint density at radius 1 is 0.967 bits per heavy atom. The molecule has 3 aromatic rings. The molecule has 0 bridgehead atoms. The summed E-state index contributed by atoms with van der Waals surface area (Å²) in [4.78, 5) is 0. The molecule has 0 fully saturated rings. The largest absolute Gasteiger partial charge is 0.460 e. The molecule has 3 rings (SSSR count). The van der Waals surface area contributed by atoms with Gasteiger partial charge in [0.05, 0.1) is 17.5 Å². The summed E-state index contributed by atoms with van der Waals surface area (Å²) < 4.78 is 18.9. The van der Waals surface area contributed by atoms with Gasteiger partial charge in [0, 0.05) is 7.05 Å². The van der Waals surface area contributed by atoms with E-state index in [0.717, 1.165) is 0 Å². The molecule has 156 valence electrons. The quantitative estimate of drug-likeness (QED) is 0.203. The zero-order chi connectivity index (χ0) is 21.7. The Hall–Kier alpha value is -3.16. The second-order valence-electron chi connectivity index (χ2n) is 6.24. The molecule has 0 saturated heterocycles. The van der Waals surface area contributed by atoms with Crippen LogP contribution in [-0.4, -0.2) is 21.2 Å². The third-order valence-electron chi connectivity index (χ3n) is 4.04. The Balaban J connectivity index is 1.68. The van der Waals surface area contributed by atoms with Crippen molar-refractivity contribution < 1.29 is 19.4 Å². The van der Waals surface area contributed by atoms with Crippen LogP contribution in [-0.2, 0) is 7.05 Å². The van der Waals surface area contributed by atoms with E-state index in [4.69, 9.17) is 42.6 Å². The molecule has 7 nitrogen and oxygen atoms in total. The minimum Gasteiger partial charge on any atom is -0.460 e. The molecule has 0 saturated carbocycles. The standard InChI is InChI=1S/C21H19Cl2N3O4/c1-13-19(12-24-27)21(26(3)25-13)30-18-10-8-17(9-11-18)29-16-6-4-15(5-7-16)28-14(2)20(22)23/h4-12,27H,1-3H3/b24-12+. The van der Waals surface area contributed by atoms with Crippen LogP contribution in [0.1, 0.15) is 18.2 Å². The van der Waals surface area contributed by atoms with E-state index in [-0.39, 0.29) is 4.49 Å². The van der Waals surface area contributed by atoms with Crippen molar-refractivity contribution in [2.45, 2.75) is 13.8 Å². The fraction of sp³-hybridized carbons (Fsp3) is 0.143. The summed E-state index contributed by atoms with van der Waals surface area (Å²) in [7, 11) is 1.75. The van der Waals surface area contributed by atoms with Gasteiger partial charge in [0.15, 0.2) is 0 Å². The van der Waals surface area contributed by atoms with Crippen LogP contribution in [0.4, 0.5) is 0 Å². The van der Waals surface area contributed by atoms with Gasteiger partial charge in [-0.3, -0.25) is 0 Å². The number of hydrogen-bond acceptors (Lipinski definition) is 6. The Labute approximate surface area is 183 Å². The third-order valence-corrected chi connectivity index (χ3v) is 4.57. The van der Waals surface area contributed by atoms with Crippen molar-refractivity contribution in [3.8, 4) is 28.9 Å². The van der Waals surface area contributed by atoms with Gasteiger partial charge >= 0.3 is 0 Å². The van der Waals surface area contributed by atoms with Crippen molar-refractivity contribution in [3.05, 3.63) is 70.0 Å². The number of aryl methyl sites for hydroxylation is 2. The normalized spacial score (nSPS) is 10.8. The molecule has 0 unspecified atom stereocenters. The summed E-state index contributed by atoms with van der Waals surface area (Å²) >= 11 is 11.4. The molecule has 9 heteroatoms. The Kier molecular flexibility index (Phi) is 6.87. The second kappa shape index (κ2) is 9.56. The SMILES string of the molecule is CC(Oc1ccc(Oc2ccc(Oc3c(/C=N/O)c(C)nn3C)cc2)cc1)=C(Cl)Cl. The van der Waals surface area contributed by atoms with Crippen LogP contribution in [0, 0.1) is 6.92 Å². The molecule has 0 spiro atoms. The molecule has 0 amide bonds. The van der Waals surface area contributed by atoms with Crippen LogP contribution in [0.2, 0.25) is 0 Å². The van der Waals surface area contributed by atoms with Crippen LogP contribution in [0.3, 0.4) is 0 Å². The number of rotatable bonds is 7. The molecule has 1 N–H and O–H groups in total. The fourth-order valence-electron chi connectivity index (χ4n) is 2.60. The van der Waals surface area contributed by atoms with Gasteiger partial charge in [-0.15, -0.1) is 0 Å². The fourth-order valence-corrected chi connectivity index (χ4v) is 2.67. The first-order valence-corrected chi connectivity index (χ1v) is 9.59. The first kappa shape index (κ1) is 21.5. The number of hydrogen-bond donors (Lipinski definition) is 1. The van der Waals surface area contributed by atoms with E-state index in [2.05, 4.69) is 10.3 Å². The molecule has 0 radical (unpaired) electrons. The summed E-state index contributed by atoms with van der Waals surface area (Å²) in [5, 5.41) is 16.2. The van der Waals surface area contributed by atoms with Gasteiger partial charge in [-0.1, -0.05) is 28.4 Å². The third kappa shape index (κ3) is 5.25. The number of halogens is 2. The van der Waals surface area contributed by atoms with E-state index in [1.54, 1.807) is 74.1 Å². The van der Waals surface area contributed by atoms with Crippen molar-refractivity contribution in [1.29, 1.82) is 0 Å². The Morgan fingerprint density at radius 2 is 1.47 bits per heavy atom. The van der Waals surface area contributed by atoms with Crippen molar-refractivity contribution in [2.75, 3.05) is 0 Å². The van der Waals surface area contributed by atoms with Gasteiger partial charge in [-0.25, -0.2) is 4.68 Å². The highest BCUT2D eigenvalue weighted by Gasteiger charge is 2.14. The summed E-state index contributed by atoms with van der Waals surface area (Å²) in [6.07, 6.45) is 1.29. The summed E-state index contributed by atoms with van der Waals surface area (Å²) in [5.74, 6) is 3.33. The maximum absolute atomic E-state index is 8.84. The first-order valence-electron chi connectivity index (χ1n) is 8.84. The minimum absolute atomic E-state index is 0.0784. The lowest BCUT2D eigenvalue weighted by Crippen LogP contribution is -1.97. The topological polar surface area (TPSA) is 78.1 Å². The number of aromatic nitrogens is 2. The summed E-state index contributed by atoms with van der Waals surface area (Å²) in [5.41, 5.74) is 1.29. The first-order chi connectivity index (χ1) is 14.4. The zero-order valence-electron chi connectivity index (χ0n) is 16.5. The molecule has 0 aliphatic heterocycles. The van der Waals surface area contributed by atoms with E-state index >= 15 is 0 Å². The molecular weight excluding hydrogens is 429 g/mol. The van der Waals surface area contributed by atoms with Crippen LogP contribution in [0.5, 0.6) is 28.9 Å². The van der Waals surface area contributed by atoms with Gasteiger partial charge in [-0.05, 0) is 62.4 Å². The Bertz CT molecular complexity index is 1070. The van der Waals surface area contributed by atoms with Gasteiger partial charge in [-0.2, -0.15) is 5.10 Å². The zero-order valence-corrected chi connectivity index (χ0v) is 18.0. The molecule has 30 heavy (non-hydrogen) atoms. The molecule has 1 heterocycles. The highest BCUT2D eigenvalue weighted by Crippen LogP contribution is 2.30. The molecule has 1 aromatic heterocycles. The number of benzene rings is 2. The van der Waals surface area contributed by atoms with Crippen molar-refractivity contribution in [3.63, 3.8) is 0 Å². The van der Waals surface area contributed by atoms with Crippen LogP contribution < -0.4 is 14.2 Å². The smallest absolute Gasteiger partial charge is 0.226 e. The maximum atomic E-state index is 8.84. The highest BCUT2D eigenvalue weighted by atomic mass is 35.5. The predicted octanol–water partition coefficient (Wildman–Crippen LogP) is 6.17. The lowest BCUT2D eigenvalue weighted by molar-refractivity contribution is 0.321. The monoisotopic (exact) mass is 447 g/mol. The van der Waals surface area contributed by atoms with E-state index < -0.39 is 0 Å². The van der Waals surface area contributed by atoms with Crippen LogP contribution in [0.15, 0.2) is 63.9 Å². The van der Waals surface area contributed by atoms with Crippen molar-refractivity contribution >= 4 is 29.4 Å². The number of ether oxygens (including phenoxy) is 3. The molecular formula is C21H19Cl2N3O4. The molecule has 2 aromatic carbocycles. The van der Waals surface area contributed by atoms with E-state index in [0.29, 0.717) is 45.9 Å². The molecule has 0 aliphatic rings. The van der Waals surface area contributed by atoms with E-state index in [1.165, 1.54) is 6.21 Å². The van der Waals surface area contributed by atoms with Gasteiger partial charge in [0.25, 0.3) is 0 Å². The maximum Gasteiger partial charge on any atom is 0.226 e. The summed E-state index contributed by atoms with van der Waals surface area (Å²) in [6.45, 7) is 3.48. The average molecular weight is 448 g/mol. The number of oxime groups is 1. The van der Waals surface area contributed by atoms with Crippen LogP contribution >= 0.6 is 23.2 Å². The van der Waals surface area contributed by atoms with Gasteiger partial charge in [0.1, 0.15) is 33.2 Å². The van der Waals surface area contributed by atoms with E-state index in [1.807, 2.05) is 0 Å². The van der Waals surface area contributed by atoms with Crippen molar-refractivity contribution in [1.82, 2.24) is 9.78 Å². The Morgan fingerprint density at radius 3 is 1.97 bits per heavy atom. The number of nitrogens with zero attached hydrogens (tertiary/aromatic N) is 3. The highest BCUT2D eigenvalue weighted by molar-refractivity contribution is 6.56. The van der Waals surface area contributed by atoms with E-state index in [9.17, 15) is 0 Å². The lowest BCUT2D eigenvalue weighted by Gasteiger charge is -2.10.